The van der Waals surface area contributed by atoms with Crippen molar-refractivity contribution in [2.75, 3.05) is 20.1 Å². The molecule has 1 aromatic rings. The van der Waals surface area contributed by atoms with Gasteiger partial charge in [0.05, 0.1) is 5.69 Å². The van der Waals surface area contributed by atoms with Crippen molar-refractivity contribution in [3.05, 3.63) is 18.0 Å². The highest BCUT2D eigenvalue weighted by Gasteiger charge is 2.24. The number of hydrogen-bond donors (Lipinski definition) is 1. The minimum atomic E-state index is 0.452. The van der Waals surface area contributed by atoms with Crippen LogP contribution in [0.2, 0.25) is 0 Å². The van der Waals surface area contributed by atoms with Crippen LogP contribution in [0.25, 0.3) is 0 Å². The monoisotopic (exact) mass is 250 g/mol. The molecule has 4 heteroatoms. The van der Waals surface area contributed by atoms with Crippen molar-refractivity contribution in [2.24, 2.45) is 5.92 Å². The van der Waals surface area contributed by atoms with Crippen LogP contribution in [0.5, 0.6) is 0 Å². The molecule has 0 saturated carbocycles. The fourth-order valence-electron chi connectivity index (χ4n) is 2.78. The van der Waals surface area contributed by atoms with E-state index < -0.39 is 0 Å². The van der Waals surface area contributed by atoms with E-state index in [4.69, 9.17) is 0 Å². The predicted octanol–water partition coefficient (Wildman–Crippen LogP) is 1.89. The molecule has 18 heavy (non-hydrogen) atoms. The van der Waals surface area contributed by atoms with Crippen molar-refractivity contribution >= 4 is 0 Å². The minimum absolute atomic E-state index is 0.452. The molecule has 0 aliphatic carbocycles. The number of likely N-dealkylation sites (tertiary alicyclic amines) is 1. The Balaban J connectivity index is 1.90. The summed E-state index contributed by atoms with van der Waals surface area (Å²) in [7, 11) is 2.07. The largest absolute Gasteiger partial charge is 0.317 e. The number of aromatic nitrogens is 2. The summed E-state index contributed by atoms with van der Waals surface area (Å²) in [6.45, 7) is 9.99. The highest BCUT2D eigenvalue weighted by Crippen LogP contribution is 2.18. The maximum absolute atomic E-state index is 4.63. The number of piperidine rings is 1. The van der Waals surface area contributed by atoms with Crippen LogP contribution in [-0.4, -0.2) is 40.9 Å². The van der Waals surface area contributed by atoms with Gasteiger partial charge in [-0.2, -0.15) is 5.10 Å². The highest BCUT2D eigenvalue weighted by molar-refractivity contribution is 5.00. The Morgan fingerprint density at radius 1 is 1.50 bits per heavy atom. The van der Waals surface area contributed by atoms with Gasteiger partial charge in [-0.15, -0.1) is 0 Å². The second-order valence-corrected chi connectivity index (χ2v) is 5.78. The van der Waals surface area contributed by atoms with E-state index in [1.165, 1.54) is 25.2 Å². The smallest absolute Gasteiger partial charge is 0.0764 e. The molecule has 4 nitrogen and oxygen atoms in total. The van der Waals surface area contributed by atoms with Crippen LogP contribution in [-0.2, 0) is 6.54 Å². The van der Waals surface area contributed by atoms with Gasteiger partial charge >= 0.3 is 0 Å². The van der Waals surface area contributed by atoms with E-state index in [0.29, 0.717) is 12.1 Å². The minimum Gasteiger partial charge on any atom is -0.317 e. The third kappa shape index (κ3) is 3.12. The SMILES string of the molecule is CNC1CCN(Cc2ccn(C(C)C)n2)CC1C. The molecule has 1 aromatic heterocycles. The average molecular weight is 250 g/mol. The summed E-state index contributed by atoms with van der Waals surface area (Å²) in [5.74, 6) is 0.718. The molecule has 1 saturated heterocycles. The quantitative estimate of drug-likeness (QED) is 0.886. The molecule has 2 rings (SSSR count). The van der Waals surface area contributed by atoms with Gasteiger partial charge in [0.2, 0.25) is 0 Å². The van der Waals surface area contributed by atoms with E-state index in [9.17, 15) is 0 Å². The topological polar surface area (TPSA) is 33.1 Å². The number of rotatable bonds is 4. The average Bonchev–Trinajstić information content (AvgIpc) is 2.78. The number of nitrogens with one attached hydrogen (secondary N) is 1. The first-order valence-corrected chi connectivity index (χ1v) is 7.03. The zero-order valence-corrected chi connectivity index (χ0v) is 12.1. The Kier molecular flexibility index (Phi) is 4.40. The van der Waals surface area contributed by atoms with Crippen molar-refractivity contribution < 1.29 is 0 Å². The molecular formula is C14H26N4. The van der Waals surface area contributed by atoms with Crippen LogP contribution in [0.1, 0.15) is 38.9 Å². The molecule has 1 aliphatic heterocycles. The van der Waals surface area contributed by atoms with Crippen LogP contribution < -0.4 is 5.32 Å². The lowest BCUT2D eigenvalue weighted by Crippen LogP contribution is -2.46. The van der Waals surface area contributed by atoms with E-state index in [1.807, 2.05) is 4.68 Å². The summed E-state index contributed by atoms with van der Waals surface area (Å²) in [6, 6.07) is 3.27. The molecule has 0 spiro atoms. The zero-order valence-electron chi connectivity index (χ0n) is 12.1. The third-order valence-corrected chi connectivity index (χ3v) is 3.94. The van der Waals surface area contributed by atoms with Crippen molar-refractivity contribution in [2.45, 2.75) is 45.8 Å². The second kappa shape index (κ2) is 5.85. The van der Waals surface area contributed by atoms with Crippen molar-refractivity contribution in [1.29, 1.82) is 0 Å². The molecule has 1 aliphatic rings. The van der Waals surface area contributed by atoms with Gasteiger partial charge in [-0.25, -0.2) is 0 Å². The first kappa shape index (κ1) is 13.6. The summed E-state index contributed by atoms with van der Waals surface area (Å²) < 4.78 is 2.04. The summed E-state index contributed by atoms with van der Waals surface area (Å²) in [5, 5.41) is 8.04. The first-order chi connectivity index (χ1) is 8.60. The maximum Gasteiger partial charge on any atom is 0.0764 e. The standard InChI is InChI=1S/C14H26N4/c1-11(2)18-8-5-13(16-18)10-17-7-6-14(15-4)12(3)9-17/h5,8,11-12,14-15H,6-7,9-10H2,1-4H3. The van der Waals surface area contributed by atoms with Crippen molar-refractivity contribution in [3.8, 4) is 0 Å². The lowest BCUT2D eigenvalue weighted by atomic mass is 9.94. The fraction of sp³-hybridized carbons (Fsp3) is 0.786. The number of nitrogens with zero attached hydrogens (tertiary/aromatic N) is 3. The fourth-order valence-corrected chi connectivity index (χ4v) is 2.78. The Hall–Kier alpha value is -0.870. The van der Waals surface area contributed by atoms with E-state index in [-0.39, 0.29) is 0 Å². The molecule has 2 unspecified atom stereocenters. The Morgan fingerprint density at radius 3 is 2.83 bits per heavy atom. The van der Waals surface area contributed by atoms with Crippen molar-refractivity contribution in [3.63, 3.8) is 0 Å². The third-order valence-electron chi connectivity index (χ3n) is 3.94. The lowest BCUT2D eigenvalue weighted by Gasteiger charge is -2.36. The predicted molar refractivity (Wildman–Crippen MR) is 74.5 cm³/mol. The van der Waals surface area contributed by atoms with E-state index >= 15 is 0 Å². The zero-order chi connectivity index (χ0) is 13.1. The molecule has 0 radical (unpaired) electrons. The van der Waals surface area contributed by atoms with Gasteiger partial charge in [-0.3, -0.25) is 9.58 Å². The molecule has 0 bridgehead atoms. The Morgan fingerprint density at radius 2 is 2.28 bits per heavy atom. The highest BCUT2D eigenvalue weighted by atomic mass is 15.3. The molecule has 2 heterocycles. The maximum atomic E-state index is 4.63. The summed E-state index contributed by atoms with van der Waals surface area (Å²) in [5.41, 5.74) is 1.19. The number of hydrogen-bond acceptors (Lipinski definition) is 3. The van der Waals surface area contributed by atoms with Gasteiger partial charge in [-0.05, 0) is 39.3 Å². The summed E-state index contributed by atoms with van der Waals surface area (Å²) in [6.07, 6.45) is 3.33. The van der Waals surface area contributed by atoms with Gasteiger partial charge in [0.15, 0.2) is 0 Å². The summed E-state index contributed by atoms with van der Waals surface area (Å²) in [4.78, 5) is 2.52. The van der Waals surface area contributed by atoms with Gasteiger partial charge in [-0.1, -0.05) is 6.92 Å². The van der Waals surface area contributed by atoms with Gasteiger partial charge in [0.1, 0.15) is 0 Å². The molecule has 1 N–H and O–H groups in total. The van der Waals surface area contributed by atoms with Gasteiger partial charge < -0.3 is 5.32 Å². The normalized spacial score (nSPS) is 25.8. The second-order valence-electron chi connectivity index (χ2n) is 5.78. The van der Waals surface area contributed by atoms with Crippen molar-refractivity contribution in [1.82, 2.24) is 20.0 Å². The van der Waals surface area contributed by atoms with Crippen LogP contribution >= 0.6 is 0 Å². The van der Waals surface area contributed by atoms with Crippen LogP contribution in [0.15, 0.2) is 12.3 Å². The molecule has 1 fully saturated rings. The van der Waals surface area contributed by atoms with Gasteiger partial charge in [0, 0.05) is 37.9 Å². The lowest BCUT2D eigenvalue weighted by molar-refractivity contribution is 0.143. The molecule has 0 amide bonds. The molecular weight excluding hydrogens is 224 g/mol. The molecule has 2 atom stereocenters. The van der Waals surface area contributed by atoms with Gasteiger partial charge in [0.25, 0.3) is 0 Å². The van der Waals surface area contributed by atoms with E-state index in [0.717, 1.165) is 12.5 Å². The molecule has 102 valence electrons. The van der Waals surface area contributed by atoms with Crippen LogP contribution in [0.4, 0.5) is 0 Å². The van der Waals surface area contributed by atoms with Crippen LogP contribution in [0.3, 0.4) is 0 Å². The van der Waals surface area contributed by atoms with Crippen LogP contribution in [0, 0.1) is 5.92 Å². The first-order valence-electron chi connectivity index (χ1n) is 7.03. The molecule has 0 aromatic carbocycles. The Bertz CT molecular complexity index is 372. The van der Waals surface area contributed by atoms with E-state index in [1.54, 1.807) is 0 Å². The summed E-state index contributed by atoms with van der Waals surface area (Å²) >= 11 is 0. The Labute approximate surface area is 110 Å². The van der Waals surface area contributed by atoms with E-state index in [2.05, 4.69) is 55.4 Å².